The zero-order valence-electron chi connectivity index (χ0n) is 16.1. The van der Waals surface area contributed by atoms with E-state index in [0.717, 1.165) is 17.2 Å². The number of benzene rings is 3. The number of hydrogen-bond acceptors (Lipinski definition) is 4. The third kappa shape index (κ3) is 3.62. The smallest absolute Gasteiger partial charge is 0.118 e. The molecule has 3 nitrogen and oxygen atoms in total. The van der Waals surface area contributed by atoms with Crippen LogP contribution in [0.3, 0.4) is 0 Å². The molecule has 3 rings (SSSR count). The van der Waals surface area contributed by atoms with Crippen molar-refractivity contribution in [2.45, 2.75) is 4.75 Å². The lowest BCUT2D eigenvalue weighted by molar-refractivity contribution is 0.414. The molecule has 0 N–H and O–H groups in total. The largest absolute Gasteiger partial charge is 0.497 e. The summed E-state index contributed by atoms with van der Waals surface area (Å²) in [5, 5.41) is 0. The van der Waals surface area contributed by atoms with Gasteiger partial charge >= 0.3 is 0 Å². The number of ether oxygens (including phenoxy) is 3. The van der Waals surface area contributed by atoms with E-state index >= 15 is 0 Å². The minimum Gasteiger partial charge on any atom is -0.497 e. The van der Waals surface area contributed by atoms with Crippen molar-refractivity contribution >= 4 is 11.8 Å². The molecular formula is C23H24O3S. The molecule has 0 bridgehead atoms. The minimum absolute atomic E-state index is 0.356. The maximum atomic E-state index is 5.35. The lowest BCUT2D eigenvalue weighted by Gasteiger charge is -2.34. The first-order valence-electron chi connectivity index (χ1n) is 8.66. The fourth-order valence-corrected chi connectivity index (χ4v) is 4.45. The fourth-order valence-electron chi connectivity index (χ4n) is 3.33. The van der Waals surface area contributed by atoms with Gasteiger partial charge in [-0.15, -0.1) is 11.8 Å². The predicted molar refractivity (Wildman–Crippen MR) is 112 cm³/mol. The lowest BCUT2D eigenvalue weighted by atomic mass is 9.84. The molecule has 0 atom stereocenters. The summed E-state index contributed by atoms with van der Waals surface area (Å²) in [6.07, 6.45) is 2.14. The van der Waals surface area contributed by atoms with Crippen molar-refractivity contribution in [1.82, 2.24) is 0 Å². The van der Waals surface area contributed by atoms with Crippen molar-refractivity contribution < 1.29 is 14.2 Å². The molecule has 0 aliphatic rings. The van der Waals surface area contributed by atoms with Crippen LogP contribution in [0.5, 0.6) is 17.2 Å². The van der Waals surface area contributed by atoms with Gasteiger partial charge in [-0.3, -0.25) is 0 Å². The zero-order valence-corrected chi connectivity index (χ0v) is 16.9. The van der Waals surface area contributed by atoms with Gasteiger partial charge in [-0.1, -0.05) is 36.4 Å². The Morgan fingerprint density at radius 2 is 0.778 bits per heavy atom. The number of hydrogen-bond donors (Lipinski definition) is 0. The standard InChI is InChI=1S/C23H24O3S/c1-24-20-11-5-17(6-12-20)23(27-4,18-7-13-21(25-2)14-8-18)19-9-15-22(26-3)16-10-19/h5-16H,1-4H3. The molecule has 27 heavy (non-hydrogen) atoms. The Balaban J connectivity index is 2.20. The first-order valence-corrected chi connectivity index (χ1v) is 9.89. The number of thioether (sulfide) groups is 1. The quantitative estimate of drug-likeness (QED) is 0.515. The zero-order chi connectivity index (χ0) is 19.3. The Morgan fingerprint density at radius 1 is 0.519 bits per heavy atom. The molecule has 3 aromatic carbocycles. The van der Waals surface area contributed by atoms with E-state index in [-0.39, 0.29) is 4.75 Å². The highest BCUT2D eigenvalue weighted by molar-refractivity contribution is 8.00. The van der Waals surface area contributed by atoms with Crippen LogP contribution in [-0.2, 0) is 4.75 Å². The Hall–Kier alpha value is -2.59. The van der Waals surface area contributed by atoms with Gasteiger partial charge in [0, 0.05) is 0 Å². The lowest BCUT2D eigenvalue weighted by Crippen LogP contribution is -2.25. The van der Waals surface area contributed by atoms with Crippen LogP contribution in [0.4, 0.5) is 0 Å². The Kier molecular flexibility index (Phi) is 5.97. The van der Waals surface area contributed by atoms with Gasteiger partial charge in [0.05, 0.1) is 26.1 Å². The average molecular weight is 381 g/mol. The Morgan fingerprint density at radius 3 is 0.963 bits per heavy atom. The Labute approximate surface area is 165 Å². The van der Waals surface area contributed by atoms with E-state index in [2.05, 4.69) is 42.7 Å². The maximum absolute atomic E-state index is 5.35. The van der Waals surface area contributed by atoms with E-state index in [4.69, 9.17) is 14.2 Å². The SMILES string of the molecule is COc1ccc(C(SC)(c2ccc(OC)cc2)c2ccc(OC)cc2)cc1. The second kappa shape index (κ2) is 8.40. The van der Waals surface area contributed by atoms with E-state index in [1.54, 1.807) is 33.1 Å². The van der Waals surface area contributed by atoms with E-state index in [9.17, 15) is 0 Å². The molecule has 0 aliphatic carbocycles. The molecular weight excluding hydrogens is 356 g/mol. The first kappa shape index (κ1) is 19.2. The summed E-state index contributed by atoms with van der Waals surface area (Å²) in [6.45, 7) is 0. The first-order chi connectivity index (χ1) is 13.2. The van der Waals surface area contributed by atoms with Gasteiger partial charge in [-0.25, -0.2) is 0 Å². The van der Waals surface area contributed by atoms with Crippen LogP contribution in [0.2, 0.25) is 0 Å². The van der Waals surface area contributed by atoms with Crippen LogP contribution in [0.25, 0.3) is 0 Å². The Bertz CT molecular complexity index is 740. The molecule has 0 saturated carbocycles. The second-order valence-corrected chi connectivity index (χ2v) is 7.09. The molecule has 0 saturated heterocycles. The summed E-state index contributed by atoms with van der Waals surface area (Å²) < 4.78 is 15.7. The normalized spacial score (nSPS) is 11.1. The fraction of sp³-hybridized carbons (Fsp3) is 0.217. The van der Waals surface area contributed by atoms with Crippen molar-refractivity contribution in [2.24, 2.45) is 0 Å². The van der Waals surface area contributed by atoms with Crippen LogP contribution < -0.4 is 14.2 Å². The summed E-state index contributed by atoms with van der Waals surface area (Å²) in [7, 11) is 5.05. The summed E-state index contributed by atoms with van der Waals surface area (Å²) in [5.74, 6) is 2.54. The third-order valence-electron chi connectivity index (χ3n) is 4.80. The monoisotopic (exact) mass is 380 g/mol. The van der Waals surface area contributed by atoms with Gasteiger partial charge in [-0.05, 0) is 59.3 Å². The van der Waals surface area contributed by atoms with E-state index in [0.29, 0.717) is 0 Å². The van der Waals surface area contributed by atoms with Crippen LogP contribution in [-0.4, -0.2) is 27.6 Å². The predicted octanol–water partition coefficient (Wildman–Crippen LogP) is 5.37. The highest BCUT2D eigenvalue weighted by Gasteiger charge is 2.35. The molecule has 0 amide bonds. The van der Waals surface area contributed by atoms with Gasteiger partial charge < -0.3 is 14.2 Å². The van der Waals surface area contributed by atoms with Crippen molar-refractivity contribution in [1.29, 1.82) is 0 Å². The molecule has 0 spiro atoms. The molecule has 0 fully saturated rings. The second-order valence-electron chi connectivity index (χ2n) is 6.07. The molecule has 0 radical (unpaired) electrons. The van der Waals surface area contributed by atoms with Gasteiger partial charge in [0.2, 0.25) is 0 Å². The van der Waals surface area contributed by atoms with E-state index in [1.807, 2.05) is 36.4 Å². The maximum Gasteiger partial charge on any atom is 0.118 e. The third-order valence-corrected chi connectivity index (χ3v) is 6.12. The summed E-state index contributed by atoms with van der Waals surface area (Å²) in [5.41, 5.74) is 3.56. The molecule has 0 unspecified atom stereocenters. The molecule has 3 aromatic rings. The van der Waals surface area contributed by atoms with E-state index < -0.39 is 0 Å². The highest BCUT2D eigenvalue weighted by atomic mass is 32.2. The van der Waals surface area contributed by atoms with Gasteiger partial charge in [0.1, 0.15) is 17.2 Å². The number of methoxy groups -OCH3 is 3. The van der Waals surface area contributed by atoms with Crippen molar-refractivity contribution in [2.75, 3.05) is 27.6 Å². The van der Waals surface area contributed by atoms with Gasteiger partial charge in [0.15, 0.2) is 0 Å². The van der Waals surface area contributed by atoms with Crippen LogP contribution >= 0.6 is 11.8 Å². The molecule has 140 valence electrons. The van der Waals surface area contributed by atoms with Crippen LogP contribution in [0, 0.1) is 0 Å². The summed E-state index contributed by atoms with van der Waals surface area (Å²) in [4.78, 5) is 0. The van der Waals surface area contributed by atoms with Crippen molar-refractivity contribution in [3.05, 3.63) is 89.5 Å². The minimum atomic E-state index is -0.356. The molecule has 0 heterocycles. The van der Waals surface area contributed by atoms with E-state index in [1.165, 1.54) is 16.7 Å². The number of rotatable bonds is 7. The average Bonchev–Trinajstić information content (AvgIpc) is 2.76. The molecule has 0 aliphatic heterocycles. The molecule has 0 aromatic heterocycles. The van der Waals surface area contributed by atoms with Crippen LogP contribution in [0.1, 0.15) is 16.7 Å². The van der Waals surface area contributed by atoms with Gasteiger partial charge in [-0.2, -0.15) is 0 Å². The summed E-state index contributed by atoms with van der Waals surface area (Å²) >= 11 is 1.79. The van der Waals surface area contributed by atoms with Gasteiger partial charge in [0.25, 0.3) is 0 Å². The van der Waals surface area contributed by atoms with Crippen molar-refractivity contribution in [3.63, 3.8) is 0 Å². The van der Waals surface area contributed by atoms with Crippen LogP contribution in [0.15, 0.2) is 72.8 Å². The summed E-state index contributed by atoms with van der Waals surface area (Å²) in [6, 6.07) is 24.8. The highest BCUT2D eigenvalue weighted by Crippen LogP contribution is 2.48. The molecule has 4 heteroatoms. The van der Waals surface area contributed by atoms with Crippen molar-refractivity contribution in [3.8, 4) is 17.2 Å². The topological polar surface area (TPSA) is 27.7 Å².